The molecule has 3 heterocycles. The first-order chi connectivity index (χ1) is 15.1. The van der Waals surface area contributed by atoms with Crippen LogP contribution in [-0.2, 0) is 11.3 Å². The summed E-state index contributed by atoms with van der Waals surface area (Å²) < 4.78 is 13.0. The van der Waals surface area contributed by atoms with E-state index in [0.717, 1.165) is 30.6 Å². The first-order valence-electron chi connectivity index (χ1n) is 10.3. The van der Waals surface area contributed by atoms with Crippen molar-refractivity contribution in [1.29, 1.82) is 0 Å². The Balaban J connectivity index is 1.57. The van der Waals surface area contributed by atoms with Gasteiger partial charge in [-0.25, -0.2) is 18.9 Å². The van der Waals surface area contributed by atoms with Crippen LogP contribution in [0.3, 0.4) is 0 Å². The van der Waals surface area contributed by atoms with Gasteiger partial charge in [-0.15, -0.1) is 5.10 Å². The maximum absolute atomic E-state index is 12.8. The van der Waals surface area contributed by atoms with Gasteiger partial charge in [-0.05, 0) is 12.8 Å². The summed E-state index contributed by atoms with van der Waals surface area (Å²) in [5, 5.41) is 7.18. The molecule has 1 aliphatic rings. The minimum atomic E-state index is -0.384. The molecule has 0 radical (unpaired) electrons. The van der Waals surface area contributed by atoms with E-state index in [9.17, 15) is 9.59 Å². The zero-order chi connectivity index (χ0) is 21.8. The third-order valence-corrected chi connectivity index (χ3v) is 5.32. The van der Waals surface area contributed by atoms with Crippen LogP contribution in [0.2, 0.25) is 0 Å². The number of rotatable bonds is 6. The van der Waals surface area contributed by atoms with E-state index in [4.69, 9.17) is 9.47 Å². The number of ether oxygens (including phenoxy) is 2. The summed E-state index contributed by atoms with van der Waals surface area (Å²) in [6, 6.07) is 5.06. The largest absolute Gasteiger partial charge is 0.497 e. The number of anilines is 2. The van der Waals surface area contributed by atoms with Crippen molar-refractivity contribution < 1.29 is 14.3 Å². The van der Waals surface area contributed by atoms with Crippen LogP contribution in [0.5, 0.6) is 11.5 Å². The maximum atomic E-state index is 12.8. The number of carbonyl (C=O) groups excluding carboxylic acids is 1. The summed E-state index contributed by atoms with van der Waals surface area (Å²) in [4.78, 5) is 32.1. The fourth-order valence-corrected chi connectivity index (χ4v) is 3.76. The second-order valence-electron chi connectivity index (χ2n) is 7.44. The van der Waals surface area contributed by atoms with Crippen LogP contribution in [0.4, 0.5) is 11.5 Å². The Bertz CT molecular complexity index is 1110. The quantitative estimate of drug-likeness (QED) is 0.642. The lowest BCUT2D eigenvalue weighted by Gasteiger charge is -2.20. The molecule has 164 valence electrons. The summed E-state index contributed by atoms with van der Waals surface area (Å²) in [7, 11) is 3.07. The molecule has 0 spiro atoms. The molecule has 3 aromatic rings. The van der Waals surface area contributed by atoms with Crippen LogP contribution < -0.4 is 25.4 Å². The predicted molar refractivity (Wildman–Crippen MR) is 116 cm³/mol. The van der Waals surface area contributed by atoms with E-state index in [1.165, 1.54) is 31.5 Å². The Morgan fingerprint density at radius 2 is 1.74 bits per heavy atom. The number of nitrogens with zero attached hydrogens (tertiary/aromatic N) is 5. The lowest BCUT2D eigenvalue weighted by molar-refractivity contribution is -0.117. The molecule has 10 nitrogen and oxygen atoms in total. The number of nitrogens with one attached hydrogen (secondary N) is 1. The summed E-state index contributed by atoms with van der Waals surface area (Å²) >= 11 is 0. The molecule has 0 unspecified atom stereocenters. The van der Waals surface area contributed by atoms with Crippen LogP contribution in [0.1, 0.15) is 25.7 Å². The lowest BCUT2D eigenvalue weighted by Crippen LogP contribution is -2.28. The summed E-state index contributed by atoms with van der Waals surface area (Å²) in [6.07, 6.45) is 7.73. The van der Waals surface area contributed by atoms with E-state index < -0.39 is 0 Å². The van der Waals surface area contributed by atoms with Gasteiger partial charge >= 0.3 is 5.69 Å². The van der Waals surface area contributed by atoms with Gasteiger partial charge in [-0.3, -0.25) is 4.79 Å². The summed E-state index contributed by atoms with van der Waals surface area (Å²) in [6.45, 7) is 1.54. The Hall–Kier alpha value is -3.56. The number of fused-ring (bicyclic) bond motifs is 1. The van der Waals surface area contributed by atoms with Crippen LogP contribution in [-0.4, -0.2) is 52.4 Å². The molecule has 10 heteroatoms. The smallest absolute Gasteiger partial charge is 0.350 e. The molecule has 0 bridgehead atoms. The van der Waals surface area contributed by atoms with E-state index in [1.807, 2.05) is 0 Å². The Morgan fingerprint density at radius 3 is 2.39 bits per heavy atom. The van der Waals surface area contributed by atoms with Crippen molar-refractivity contribution in [3.8, 4) is 11.5 Å². The fourth-order valence-electron chi connectivity index (χ4n) is 3.76. The van der Waals surface area contributed by atoms with Crippen LogP contribution in [0.25, 0.3) is 5.65 Å². The molecular weight excluding hydrogens is 400 g/mol. The monoisotopic (exact) mass is 426 g/mol. The number of benzene rings is 1. The number of carbonyl (C=O) groups is 1. The molecule has 4 rings (SSSR count). The van der Waals surface area contributed by atoms with E-state index in [0.29, 0.717) is 28.7 Å². The topological polar surface area (TPSA) is 103 Å². The van der Waals surface area contributed by atoms with Gasteiger partial charge in [0, 0.05) is 49.4 Å². The van der Waals surface area contributed by atoms with Crippen molar-refractivity contribution >= 4 is 23.1 Å². The van der Waals surface area contributed by atoms with Crippen molar-refractivity contribution in [2.75, 3.05) is 37.5 Å². The molecule has 0 saturated carbocycles. The Labute approximate surface area is 179 Å². The first-order valence-corrected chi connectivity index (χ1v) is 10.3. The van der Waals surface area contributed by atoms with Gasteiger partial charge < -0.3 is 19.7 Å². The van der Waals surface area contributed by atoms with Crippen molar-refractivity contribution in [1.82, 2.24) is 19.2 Å². The Morgan fingerprint density at radius 1 is 1.06 bits per heavy atom. The standard InChI is InChI=1S/C21H26N6O4/c1-30-16-11-15(12-17(13-16)31-2)23-18(28)14-27-21(29)26-10-7-22-19(20(26)24-27)25-8-5-3-4-6-9-25/h7,10-13H,3-6,8-9,14H2,1-2H3,(H,23,28). The molecule has 0 aliphatic carbocycles. The zero-order valence-corrected chi connectivity index (χ0v) is 17.7. The first kappa shape index (κ1) is 20.7. The summed E-state index contributed by atoms with van der Waals surface area (Å²) in [5.74, 6) is 1.39. The van der Waals surface area contributed by atoms with Crippen LogP contribution >= 0.6 is 0 Å². The highest BCUT2D eigenvalue weighted by Crippen LogP contribution is 2.26. The molecule has 1 N–H and O–H groups in total. The maximum Gasteiger partial charge on any atom is 0.350 e. The molecule has 31 heavy (non-hydrogen) atoms. The van der Waals surface area contributed by atoms with Gasteiger partial charge in [0.05, 0.1) is 14.2 Å². The highest BCUT2D eigenvalue weighted by atomic mass is 16.5. The third kappa shape index (κ3) is 4.47. The van der Waals surface area contributed by atoms with Gasteiger partial charge in [-0.2, -0.15) is 0 Å². The van der Waals surface area contributed by atoms with Gasteiger partial charge in [0.1, 0.15) is 18.0 Å². The predicted octanol–water partition coefficient (Wildman–Crippen LogP) is 1.93. The molecule has 0 atom stereocenters. The van der Waals surface area contributed by atoms with Crippen molar-refractivity contribution in [3.63, 3.8) is 0 Å². The molecule has 1 fully saturated rings. The van der Waals surface area contributed by atoms with Gasteiger partial charge in [0.2, 0.25) is 11.6 Å². The van der Waals surface area contributed by atoms with Crippen molar-refractivity contribution in [2.24, 2.45) is 0 Å². The van der Waals surface area contributed by atoms with E-state index >= 15 is 0 Å². The molecule has 1 amide bonds. The molecule has 2 aromatic heterocycles. The minimum absolute atomic E-state index is 0.223. The number of hydrogen-bond acceptors (Lipinski definition) is 7. The van der Waals surface area contributed by atoms with Crippen molar-refractivity contribution in [2.45, 2.75) is 32.2 Å². The van der Waals surface area contributed by atoms with E-state index in [1.54, 1.807) is 30.6 Å². The molecular formula is C21H26N6O4. The lowest BCUT2D eigenvalue weighted by atomic mass is 10.2. The van der Waals surface area contributed by atoms with Gasteiger partial charge in [0.25, 0.3) is 0 Å². The number of hydrogen-bond donors (Lipinski definition) is 1. The van der Waals surface area contributed by atoms with Crippen LogP contribution in [0.15, 0.2) is 35.4 Å². The minimum Gasteiger partial charge on any atom is -0.497 e. The number of methoxy groups -OCH3 is 2. The van der Waals surface area contributed by atoms with E-state index in [2.05, 4.69) is 20.3 Å². The Kier molecular flexibility index (Phi) is 6.06. The SMILES string of the molecule is COc1cc(NC(=O)Cn2nc3c(N4CCCCCC4)nccn3c2=O)cc(OC)c1. The summed E-state index contributed by atoms with van der Waals surface area (Å²) in [5.41, 5.74) is 0.585. The van der Waals surface area contributed by atoms with Gasteiger partial charge in [-0.1, -0.05) is 12.8 Å². The second kappa shape index (κ2) is 9.07. The number of aromatic nitrogens is 4. The third-order valence-electron chi connectivity index (χ3n) is 5.32. The average Bonchev–Trinajstić information content (AvgIpc) is 2.95. The van der Waals surface area contributed by atoms with Gasteiger partial charge in [0.15, 0.2) is 5.82 Å². The number of amides is 1. The molecule has 1 aromatic carbocycles. The zero-order valence-electron chi connectivity index (χ0n) is 17.7. The molecule has 1 saturated heterocycles. The molecule has 1 aliphatic heterocycles. The van der Waals surface area contributed by atoms with E-state index in [-0.39, 0.29) is 18.1 Å². The normalized spacial score (nSPS) is 14.3. The van der Waals surface area contributed by atoms with Crippen LogP contribution in [0, 0.1) is 0 Å². The highest BCUT2D eigenvalue weighted by Gasteiger charge is 2.19. The average molecular weight is 426 g/mol. The fraction of sp³-hybridized carbons (Fsp3) is 0.429. The second-order valence-corrected chi connectivity index (χ2v) is 7.44. The highest BCUT2D eigenvalue weighted by molar-refractivity contribution is 5.91. The van der Waals surface area contributed by atoms with Crippen molar-refractivity contribution in [3.05, 3.63) is 41.1 Å².